The lowest BCUT2D eigenvalue weighted by Crippen LogP contribution is -1.87. The molecule has 0 aromatic heterocycles. The van der Waals surface area contributed by atoms with Gasteiger partial charge in [-0.15, -0.1) is 4.99 Å². The Labute approximate surface area is 106 Å². The monoisotopic (exact) mass is 291 g/mol. The minimum absolute atomic E-state index is 0. The Kier molecular flexibility index (Phi) is 5170. The van der Waals surface area contributed by atoms with Gasteiger partial charge in [-0.2, -0.15) is 15.7 Å². The van der Waals surface area contributed by atoms with E-state index in [-0.39, 0.29) is 37.1 Å². The van der Waals surface area contributed by atoms with Crippen molar-refractivity contribution < 1.29 is 41.4 Å². The largest absolute Gasteiger partial charge is 0.233 e. The van der Waals surface area contributed by atoms with Crippen LogP contribution < -0.4 is 5.90 Å². The molecule has 13 nitrogen and oxygen atoms in total. The Hall–Kier alpha value is -1.16. The third-order valence-corrected chi connectivity index (χ3v) is 0. The van der Waals surface area contributed by atoms with E-state index in [2.05, 4.69) is 32.1 Å². The Morgan fingerprint density at radius 3 is 0.611 bits per heavy atom. The van der Waals surface area contributed by atoms with Crippen LogP contribution in [-0.2, 0) is 15.1 Å². The standard InChI is InChI=1S/5CH4.H3NO2.2HNO.2H2O3/c;;;;;1-3-2;2*1-2;2*1-3-2/h5*1H4;2H,1H2;2*1H;2*1-2H. The van der Waals surface area contributed by atoms with E-state index in [1.54, 1.807) is 0 Å². The summed E-state index contributed by atoms with van der Waals surface area (Å²) in [6.07, 6.45) is 0. The van der Waals surface area contributed by atoms with E-state index in [0.29, 0.717) is 0 Å². The third-order valence-electron chi connectivity index (χ3n) is 0. The molecule has 0 saturated carbocycles. The highest BCUT2D eigenvalue weighted by Crippen LogP contribution is 1.24. The minimum atomic E-state index is 0. The first-order chi connectivity index (χ1) is 6.24. The van der Waals surface area contributed by atoms with Crippen molar-refractivity contribution in [3.8, 4) is 0 Å². The van der Waals surface area contributed by atoms with Gasteiger partial charge in [0.1, 0.15) is 0 Å². The van der Waals surface area contributed by atoms with Crippen LogP contribution in [0.15, 0.2) is 0 Å². The average Bonchev–Trinajstić information content (AvgIpc) is 2.14. The van der Waals surface area contributed by atoms with Gasteiger partial charge in [-0.05, 0) is 0 Å². The van der Waals surface area contributed by atoms with Crippen molar-refractivity contribution in [2.24, 2.45) is 5.90 Å². The number of rotatable bonds is 0. The Bertz CT molecular complexity index is 41.9. The van der Waals surface area contributed by atoms with Crippen molar-refractivity contribution in [2.45, 2.75) is 37.1 Å². The van der Waals surface area contributed by atoms with Crippen LogP contribution in [0.4, 0.5) is 0 Å². The topological polar surface area (TPSA) is 237 Å². The van der Waals surface area contributed by atoms with Crippen molar-refractivity contribution >= 4 is 0 Å². The van der Waals surface area contributed by atoms with Gasteiger partial charge in [0.05, 0.1) is 0 Å². The fourth-order valence-electron chi connectivity index (χ4n) is 0. The zero-order valence-corrected chi connectivity index (χ0v) is 5.85. The second-order valence-corrected chi connectivity index (χ2v) is 0.269. The number of nitrogens with two attached hydrogens (primary N) is 1. The summed E-state index contributed by atoms with van der Waals surface area (Å²) in [5, 5.41) is 37.8. The normalized spacial score (nSPS) is 3.44. The minimum Gasteiger partial charge on any atom is -0.233 e. The smallest absolute Gasteiger partial charge is 0.0737 e. The second-order valence-electron chi connectivity index (χ2n) is 0.269. The molecule has 9 N–H and O–H groups in total. The van der Waals surface area contributed by atoms with Crippen molar-refractivity contribution in [1.82, 2.24) is 0 Å². The highest BCUT2D eigenvalue weighted by atomic mass is 17.4. The van der Waals surface area contributed by atoms with Crippen LogP contribution in [0.1, 0.15) is 37.1 Å². The predicted molar refractivity (Wildman–Crippen MR) is 66.4 cm³/mol. The number of hydrogen-bond donors (Lipinski definition) is 8. The summed E-state index contributed by atoms with van der Waals surface area (Å²) < 4.78 is 0. The van der Waals surface area contributed by atoms with Gasteiger partial charge in [0.15, 0.2) is 0 Å². The second kappa shape index (κ2) is 1030. The summed E-state index contributed by atoms with van der Waals surface area (Å²) in [5.41, 5.74) is 9.00. The zero-order valence-electron chi connectivity index (χ0n) is 5.85. The van der Waals surface area contributed by atoms with Gasteiger partial charge < -0.3 is 0 Å². The van der Waals surface area contributed by atoms with Gasteiger partial charge in [0.25, 0.3) is 0 Å². The molecule has 18 heavy (non-hydrogen) atoms. The summed E-state index contributed by atoms with van der Waals surface area (Å²) in [6.45, 7) is 0. The molecular formula is C5H29N3O10. The summed E-state index contributed by atoms with van der Waals surface area (Å²) >= 11 is 0. The van der Waals surface area contributed by atoms with E-state index in [0.717, 1.165) is 0 Å². The molecule has 0 heterocycles. The van der Waals surface area contributed by atoms with E-state index in [4.69, 9.17) is 36.1 Å². The highest BCUT2D eigenvalue weighted by Gasteiger charge is 1.27. The molecule has 0 saturated heterocycles. The number of nitrogens with one attached hydrogen (secondary N) is 2. The van der Waals surface area contributed by atoms with E-state index in [1.165, 1.54) is 0 Å². The maximum atomic E-state index is 7.50. The molecule has 0 fully saturated rings. The number of hydrogen-bond acceptors (Lipinski definition) is 13. The third kappa shape index (κ3) is 2110. The van der Waals surface area contributed by atoms with Crippen molar-refractivity contribution in [3.05, 3.63) is 9.81 Å². The van der Waals surface area contributed by atoms with Crippen LogP contribution in [0, 0.1) is 21.0 Å². The van der Waals surface area contributed by atoms with E-state index >= 15 is 0 Å². The predicted octanol–water partition coefficient (Wildman–Crippen LogP) is 3.09. The SMILES string of the molecule is C.C.C.C.C.N=O.N=O.NOO.OOO.OOO. The molecule has 0 spiro atoms. The lowest BCUT2D eigenvalue weighted by Gasteiger charge is -1.59. The van der Waals surface area contributed by atoms with Crippen LogP contribution in [0.5, 0.6) is 0 Å². The Morgan fingerprint density at radius 1 is 0.611 bits per heavy atom. The quantitative estimate of drug-likeness (QED) is 0.183. The fraction of sp³-hybridized carbons (Fsp3) is 1.00. The average molecular weight is 291 g/mol. The van der Waals surface area contributed by atoms with Crippen molar-refractivity contribution in [2.75, 3.05) is 0 Å². The molecule has 0 radical (unpaired) electrons. The van der Waals surface area contributed by atoms with E-state index in [1.807, 2.05) is 0 Å². The zero-order chi connectivity index (χ0) is 12.1. The van der Waals surface area contributed by atoms with Crippen LogP contribution >= 0.6 is 0 Å². The first-order valence-electron chi connectivity index (χ1n) is 1.56. The van der Waals surface area contributed by atoms with Crippen LogP contribution in [0.3, 0.4) is 0 Å². The Morgan fingerprint density at radius 2 is 0.611 bits per heavy atom. The lowest BCUT2D eigenvalue weighted by molar-refractivity contribution is -0.465. The molecule has 0 aliphatic heterocycles. The van der Waals surface area contributed by atoms with Gasteiger partial charge in [-0.25, -0.2) is 26.3 Å². The van der Waals surface area contributed by atoms with Crippen LogP contribution in [0.25, 0.3) is 0 Å². The molecule has 0 aromatic carbocycles. The van der Waals surface area contributed by atoms with Gasteiger partial charge >= 0.3 is 0 Å². The molecule has 0 unspecified atom stereocenters. The molecule has 0 rings (SSSR count). The van der Waals surface area contributed by atoms with E-state index < -0.39 is 0 Å². The summed E-state index contributed by atoms with van der Waals surface area (Å²) in [7, 11) is 0. The molecule has 0 aromatic rings. The molecular weight excluding hydrogens is 262 g/mol. The molecule has 0 amide bonds. The fourth-order valence-corrected chi connectivity index (χ4v) is 0. The molecule has 0 aliphatic rings. The summed E-state index contributed by atoms with van der Waals surface area (Å²) in [4.78, 5) is 17.8. The van der Waals surface area contributed by atoms with Crippen molar-refractivity contribution in [1.29, 1.82) is 11.2 Å². The van der Waals surface area contributed by atoms with Crippen molar-refractivity contribution in [3.63, 3.8) is 0 Å². The molecule has 124 valence electrons. The maximum absolute atomic E-state index is 7.50. The first kappa shape index (κ1) is 90.3. The van der Waals surface area contributed by atoms with Gasteiger partial charge in [-0.3, -0.25) is 0 Å². The number of nitroso groups, excluding NO2 is 2. The van der Waals surface area contributed by atoms with Crippen LogP contribution in [-0.4, -0.2) is 26.3 Å². The molecule has 0 bridgehead atoms. The molecule has 13 heteroatoms. The lowest BCUT2D eigenvalue weighted by atomic mass is 12.0. The van der Waals surface area contributed by atoms with Gasteiger partial charge in [0, 0.05) is 0 Å². The maximum Gasteiger partial charge on any atom is -0.0737 e. The van der Waals surface area contributed by atoms with Gasteiger partial charge in [0.2, 0.25) is 0 Å². The summed E-state index contributed by atoms with van der Waals surface area (Å²) in [6, 6.07) is 0. The highest BCUT2D eigenvalue weighted by molar-refractivity contribution is 3.64. The molecule has 0 aliphatic carbocycles. The van der Waals surface area contributed by atoms with Gasteiger partial charge in [-0.1, -0.05) is 58.4 Å². The summed E-state index contributed by atoms with van der Waals surface area (Å²) in [5.74, 6) is 3.90. The first-order valence-corrected chi connectivity index (χ1v) is 1.56. The van der Waals surface area contributed by atoms with Crippen LogP contribution in [0.2, 0.25) is 0 Å². The Balaban J connectivity index is -0.00000000525. The molecule has 0 atom stereocenters. The van der Waals surface area contributed by atoms with E-state index in [9.17, 15) is 0 Å².